The van der Waals surface area contributed by atoms with Crippen LogP contribution in [-0.4, -0.2) is 36.3 Å². The minimum atomic E-state index is -4.63. The van der Waals surface area contributed by atoms with Crippen LogP contribution in [0.3, 0.4) is 0 Å². The van der Waals surface area contributed by atoms with Gasteiger partial charge in [0.25, 0.3) is 0 Å². The van der Waals surface area contributed by atoms with E-state index in [1.54, 1.807) is 0 Å². The first-order valence-corrected chi connectivity index (χ1v) is 6.57. The number of hydrogen-bond acceptors (Lipinski definition) is 3. The largest absolute Gasteiger partial charge is 0.417 e. The number of alkyl halides is 3. The van der Waals surface area contributed by atoms with Gasteiger partial charge in [-0.05, 0) is 25.1 Å². The zero-order chi connectivity index (χ0) is 17.1. The Labute approximate surface area is 130 Å². The lowest BCUT2D eigenvalue weighted by molar-refractivity contribution is -0.137. The molecule has 5 nitrogen and oxygen atoms in total. The number of nitrogens with two attached hydrogens (primary N) is 1. The molecule has 1 aromatic carbocycles. The van der Waals surface area contributed by atoms with Crippen LogP contribution in [0.2, 0.25) is 5.02 Å². The standard InChI is InChI=1S/C13H15ClF3N3O2/c1-7(18)12(22)20(2)6-11(21)19-8-3-4-10(14)9(5-8)13(15,16)17/h3-5,7H,6,18H2,1-2H3,(H,19,21)/t7-/m0/s1. The van der Waals surface area contributed by atoms with E-state index in [-0.39, 0.29) is 12.2 Å². The Kier molecular flexibility index (Phi) is 5.78. The lowest BCUT2D eigenvalue weighted by Crippen LogP contribution is -2.43. The summed E-state index contributed by atoms with van der Waals surface area (Å²) in [5, 5.41) is 1.81. The molecule has 0 spiro atoms. The molecule has 0 aliphatic rings. The van der Waals surface area contributed by atoms with Gasteiger partial charge < -0.3 is 16.0 Å². The van der Waals surface area contributed by atoms with E-state index in [1.165, 1.54) is 20.0 Å². The first-order chi connectivity index (χ1) is 10.0. The summed E-state index contributed by atoms with van der Waals surface area (Å²) in [6.45, 7) is 1.13. The molecule has 0 aliphatic heterocycles. The topological polar surface area (TPSA) is 75.4 Å². The van der Waals surface area contributed by atoms with E-state index in [2.05, 4.69) is 5.32 Å². The van der Waals surface area contributed by atoms with Crippen molar-refractivity contribution < 1.29 is 22.8 Å². The van der Waals surface area contributed by atoms with E-state index in [4.69, 9.17) is 17.3 Å². The normalized spacial score (nSPS) is 12.7. The van der Waals surface area contributed by atoms with E-state index in [9.17, 15) is 22.8 Å². The predicted octanol–water partition coefficient (Wildman–Crippen LogP) is 2.10. The van der Waals surface area contributed by atoms with Crippen molar-refractivity contribution in [1.29, 1.82) is 0 Å². The van der Waals surface area contributed by atoms with Gasteiger partial charge in [0.2, 0.25) is 11.8 Å². The Balaban J connectivity index is 2.79. The van der Waals surface area contributed by atoms with Gasteiger partial charge in [-0.15, -0.1) is 0 Å². The zero-order valence-electron chi connectivity index (χ0n) is 11.9. The number of nitrogens with one attached hydrogen (secondary N) is 1. The summed E-state index contributed by atoms with van der Waals surface area (Å²) in [6.07, 6.45) is -4.63. The SMILES string of the molecule is C[C@H](N)C(=O)N(C)CC(=O)Nc1ccc(Cl)c(C(F)(F)F)c1. The lowest BCUT2D eigenvalue weighted by Gasteiger charge is -2.19. The highest BCUT2D eigenvalue weighted by atomic mass is 35.5. The fourth-order valence-corrected chi connectivity index (χ4v) is 1.89. The second kappa shape index (κ2) is 6.97. The minimum Gasteiger partial charge on any atom is -0.335 e. The summed E-state index contributed by atoms with van der Waals surface area (Å²) in [5.74, 6) is -1.10. The average molecular weight is 338 g/mol. The van der Waals surface area contributed by atoms with Crippen molar-refractivity contribution in [2.24, 2.45) is 5.73 Å². The number of rotatable bonds is 4. The van der Waals surface area contributed by atoms with Gasteiger partial charge >= 0.3 is 6.18 Å². The van der Waals surface area contributed by atoms with Crippen LogP contribution < -0.4 is 11.1 Å². The average Bonchev–Trinajstić information content (AvgIpc) is 2.38. The van der Waals surface area contributed by atoms with Gasteiger partial charge in [-0.1, -0.05) is 11.6 Å². The quantitative estimate of drug-likeness (QED) is 0.883. The maximum absolute atomic E-state index is 12.7. The van der Waals surface area contributed by atoms with Gasteiger partial charge in [-0.3, -0.25) is 9.59 Å². The number of amides is 2. The molecule has 0 fully saturated rings. The molecule has 0 heterocycles. The molecule has 1 atom stereocenters. The Hall–Kier alpha value is -1.80. The summed E-state index contributed by atoms with van der Waals surface area (Å²) in [4.78, 5) is 24.3. The third-order valence-corrected chi connectivity index (χ3v) is 3.03. The van der Waals surface area contributed by atoms with Gasteiger partial charge in [0.05, 0.1) is 23.2 Å². The molecule has 0 bridgehead atoms. The maximum atomic E-state index is 12.7. The van der Waals surface area contributed by atoms with Crippen molar-refractivity contribution in [3.05, 3.63) is 28.8 Å². The van der Waals surface area contributed by atoms with Crippen molar-refractivity contribution >= 4 is 29.1 Å². The van der Waals surface area contributed by atoms with Gasteiger partial charge in [0, 0.05) is 12.7 Å². The van der Waals surface area contributed by atoms with Crippen LogP contribution >= 0.6 is 11.6 Å². The Morgan fingerprint density at radius 2 is 2.00 bits per heavy atom. The highest BCUT2D eigenvalue weighted by molar-refractivity contribution is 6.31. The van der Waals surface area contributed by atoms with Crippen molar-refractivity contribution in [1.82, 2.24) is 4.90 Å². The molecule has 9 heteroatoms. The number of carbonyl (C=O) groups excluding carboxylic acids is 2. The monoisotopic (exact) mass is 337 g/mol. The van der Waals surface area contributed by atoms with Crippen LogP contribution in [0.5, 0.6) is 0 Å². The van der Waals surface area contributed by atoms with Crippen LogP contribution in [-0.2, 0) is 15.8 Å². The number of halogens is 4. The summed E-state index contributed by atoms with van der Waals surface area (Å²) in [5.41, 5.74) is 4.27. The minimum absolute atomic E-state index is 0.0663. The third-order valence-electron chi connectivity index (χ3n) is 2.70. The van der Waals surface area contributed by atoms with Gasteiger partial charge in [0.1, 0.15) is 0 Å². The fourth-order valence-electron chi connectivity index (χ4n) is 1.66. The number of likely N-dealkylation sites (N-methyl/N-ethyl adjacent to an activating group) is 1. The number of nitrogens with zero attached hydrogens (tertiary/aromatic N) is 1. The molecule has 0 aromatic heterocycles. The molecular formula is C13H15ClF3N3O2. The zero-order valence-corrected chi connectivity index (χ0v) is 12.6. The van der Waals surface area contributed by atoms with Crippen molar-refractivity contribution in [2.75, 3.05) is 18.9 Å². The highest BCUT2D eigenvalue weighted by Crippen LogP contribution is 2.36. The second-order valence-corrected chi connectivity index (χ2v) is 5.13. The van der Waals surface area contributed by atoms with Gasteiger partial charge in [-0.25, -0.2) is 0 Å². The molecule has 0 unspecified atom stereocenters. The maximum Gasteiger partial charge on any atom is 0.417 e. The first kappa shape index (κ1) is 18.2. The fraction of sp³-hybridized carbons (Fsp3) is 0.385. The van der Waals surface area contributed by atoms with E-state index in [1.807, 2.05) is 0 Å². The second-order valence-electron chi connectivity index (χ2n) is 4.72. The molecule has 0 aliphatic carbocycles. The van der Waals surface area contributed by atoms with Gasteiger partial charge in [0.15, 0.2) is 0 Å². The van der Waals surface area contributed by atoms with Crippen LogP contribution in [0.1, 0.15) is 12.5 Å². The molecular weight excluding hydrogens is 323 g/mol. The smallest absolute Gasteiger partial charge is 0.335 e. The molecule has 3 N–H and O–H groups in total. The Morgan fingerprint density at radius 3 is 2.50 bits per heavy atom. The van der Waals surface area contributed by atoms with Crippen LogP contribution in [0.15, 0.2) is 18.2 Å². The van der Waals surface area contributed by atoms with Crippen LogP contribution in [0, 0.1) is 0 Å². The molecule has 22 heavy (non-hydrogen) atoms. The Morgan fingerprint density at radius 1 is 1.41 bits per heavy atom. The predicted molar refractivity (Wildman–Crippen MR) is 76.4 cm³/mol. The highest BCUT2D eigenvalue weighted by Gasteiger charge is 2.33. The third kappa shape index (κ3) is 4.88. The molecule has 1 rings (SSSR count). The van der Waals surface area contributed by atoms with Crippen molar-refractivity contribution in [2.45, 2.75) is 19.1 Å². The van der Waals surface area contributed by atoms with Crippen molar-refractivity contribution in [3.63, 3.8) is 0 Å². The molecule has 0 saturated carbocycles. The summed E-state index contributed by atoms with van der Waals surface area (Å²) >= 11 is 5.48. The number of hydrogen-bond donors (Lipinski definition) is 2. The molecule has 2 amide bonds. The van der Waals surface area contributed by atoms with Crippen LogP contribution in [0.25, 0.3) is 0 Å². The molecule has 0 radical (unpaired) electrons. The number of benzene rings is 1. The van der Waals surface area contributed by atoms with E-state index in [0.29, 0.717) is 0 Å². The van der Waals surface area contributed by atoms with Gasteiger partial charge in [-0.2, -0.15) is 13.2 Å². The molecule has 122 valence electrons. The van der Waals surface area contributed by atoms with E-state index in [0.717, 1.165) is 17.0 Å². The summed E-state index contributed by atoms with van der Waals surface area (Å²) in [7, 11) is 1.37. The Bertz CT molecular complexity index is 576. The number of anilines is 1. The lowest BCUT2D eigenvalue weighted by atomic mass is 10.2. The molecule has 0 saturated heterocycles. The number of carbonyl (C=O) groups is 2. The van der Waals surface area contributed by atoms with E-state index >= 15 is 0 Å². The summed E-state index contributed by atoms with van der Waals surface area (Å²) < 4.78 is 38.1. The first-order valence-electron chi connectivity index (χ1n) is 6.19. The van der Waals surface area contributed by atoms with Crippen LogP contribution in [0.4, 0.5) is 18.9 Å². The molecule has 1 aromatic rings. The summed E-state index contributed by atoms with van der Waals surface area (Å²) in [6, 6.07) is 2.23. The van der Waals surface area contributed by atoms with Crippen molar-refractivity contribution in [3.8, 4) is 0 Å². The van der Waals surface area contributed by atoms with E-state index < -0.39 is 34.6 Å².